The Morgan fingerprint density at radius 3 is 2.50 bits per heavy atom. The molecule has 0 aliphatic carbocycles. The number of benzene rings is 2. The van der Waals surface area contributed by atoms with Crippen LogP contribution in [0.5, 0.6) is 5.75 Å². The number of para-hydroxylation sites is 1. The van der Waals surface area contributed by atoms with Crippen molar-refractivity contribution in [1.82, 2.24) is 0 Å². The molecule has 0 unspecified atom stereocenters. The maximum atomic E-state index is 13.1. The van der Waals surface area contributed by atoms with Crippen molar-refractivity contribution >= 4 is 5.69 Å². The molecule has 0 amide bonds. The Morgan fingerprint density at radius 2 is 1.80 bits per heavy atom. The van der Waals surface area contributed by atoms with Crippen LogP contribution in [0.25, 0.3) is 0 Å². The first-order chi connectivity index (χ1) is 9.69. The van der Waals surface area contributed by atoms with Crippen molar-refractivity contribution in [3.63, 3.8) is 0 Å². The van der Waals surface area contributed by atoms with E-state index in [0.29, 0.717) is 18.0 Å². The Morgan fingerprint density at radius 1 is 1.10 bits per heavy atom. The van der Waals surface area contributed by atoms with Gasteiger partial charge in [0, 0.05) is 23.9 Å². The first-order valence-electron chi connectivity index (χ1n) is 6.03. The molecule has 0 heterocycles. The Labute approximate surface area is 116 Å². The third-order valence-corrected chi connectivity index (χ3v) is 2.63. The molecule has 0 aliphatic heterocycles. The molecule has 0 atom stereocenters. The van der Waals surface area contributed by atoms with Crippen LogP contribution in [-0.2, 0) is 6.54 Å². The molecule has 0 bridgehead atoms. The van der Waals surface area contributed by atoms with Crippen LogP contribution < -0.4 is 10.1 Å². The first-order valence-corrected chi connectivity index (χ1v) is 6.03. The van der Waals surface area contributed by atoms with Gasteiger partial charge in [0.2, 0.25) is 0 Å². The van der Waals surface area contributed by atoms with Gasteiger partial charge in [-0.25, -0.2) is 8.78 Å². The summed E-state index contributed by atoms with van der Waals surface area (Å²) >= 11 is 0. The maximum absolute atomic E-state index is 13.1. The van der Waals surface area contributed by atoms with E-state index >= 15 is 0 Å². The van der Waals surface area contributed by atoms with Gasteiger partial charge in [0.05, 0.1) is 0 Å². The van der Waals surface area contributed by atoms with E-state index < -0.39 is 11.6 Å². The second-order valence-electron chi connectivity index (χ2n) is 4.11. The van der Waals surface area contributed by atoms with E-state index in [2.05, 4.69) is 11.2 Å². The summed E-state index contributed by atoms with van der Waals surface area (Å²) < 4.78 is 31.5. The average molecular weight is 273 g/mol. The number of hydrogen-bond donors (Lipinski definition) is 1. The third-order valence-electron chi connectivity index (χ3n) is 2.63. The number of ether oxygens (including phenoxy) is 1. The zero-order chi connectivity index (χ0) is 14.4. The van der Waals surface area contributed by atoms with E-state index in [-0.39, 0.29) is 6.61 Å². The van der Waals surface area contributed by atoms with Crippen LogP contribution >= 0.6 is 0 Å². The van der Waals surface area contributed by atoms with E-state index in [4.69, 9.17) is 11.2 Å². The molecule has 0 saturated carbocycles. The second kappa shape index (κ2) is 6.58. The van der Waals surface area contributed by atoms with Gasteiger partial charge in [0.1, 0.15) is 24.0 Å². The van der Waals surface area contributed by atoms with Gasteiger partial charge >= 0.3 is 0 Å². The predicted octanol–water partition coefficient (Wildman–Crippen LogP) is 3.59. The van der Waals surface area contributed by atoms with Gasteiger partial charge in [-0.15, -0.1) is 6.42 Å². The fourth-order valence-electron chi connectivity index (χ4n) is 1.76. The zero-order valence-electron chi connectivity index (χ0n) is 10.7. The minimum absolute atomic E-state index is 0.172. The number of anilines is 1. The first kappa shape index (κ1) is 13.9. The predicted molar refractivity (Wildman–Crippen MR) is 74.5 cm³/mol. The van der Waals surface area contributed by atoms with Crippen LogP contribution in [0.2, 0.25) is 0 Å². The summed E-state index contributed by atoms with van der Waals surface area (Å²) in [7, 11) is 0. The van der Waals surface area contributed by atoms with Crippen LogP contribution in [0.15, 0.2) is 42.5 Å². The van der Waals surface area contributed by atoms with Crippen LogP contribution in [0.4, 0.5) is 14.5 Å². The van der Waals surface area contributed by atoms with Gasteiger partial charge < -0.3 is 10.1 Å². The largest absolute Gasteiger partial charge is 0.481 e. The van der Waals surface area contributed by atoms with E-state index in [0.717, 1.165) is 11.6 Å². The standard InChI is InChI=1S/C16H13F2NO/c1-2-7-20-16-6-4-3-5-12(16)11-19-15-9-13(17)8-14(18)10-15/h1,3-6,8-10,19H,7,11H2. The lowest BCUT2D eigenvalue weighted by molar-refractivity contribution is 0.366. The molecule has 20 heavy (non-hydrogen) atoms. The smallest absolute Gasteiger partial charge is 0.148 e. The average Bonchev–Trinajstić information content (AvgIpc) is 2.43. The molecule has 0 aromatic heterocycles. The Hall–Kier alpha value is -2.54. The SMILES string of the molecule is C#CCOc1ccccc1CNc1cc(F)cc(F)c1. The molecule has 2 rings (SSSR count). The zero-order valence-corrected chi connectivity index (χ0v) is 10.7. The highest BCUT2D eigenvalue weighted by Gasteiger charge is 2.04. The van der Waals surface area contributed by atoms with E-state index in [1.54, 1.807) is 6.07 Å². The van der Waals surface area contributed by atoms with Crippen LogP contribution in [-0.4, -0.2) is 6.61 Å². The van der Waals surface area contributed by atoms with Gasteiger partial charge in [0.15, 0.2) is 0 Å². The number of halogens is 2. The minimum Gasteiger partial charge on any atom is -0.481 e. The van der Waals surface area contributed by atoms with Crippen molar-refractivity contribution < 1.29 is 13.5 Å². The molecule has 102 valence electrons. The third kappa shape index (κ3) is 3.72. The number of nitrogens with one attached hydrogen (secondary N) is 1. The maximum Gasteiger partial charge on any atom is 0.148 e. The molecule has 4 heteroatoms. The molecular weight excluding hydrogens is 260 g/mol. The van der Waals surface area contributed by atoms with Gasteiger partial charge in [0.25, 0.3) is 0 Å². The topological polar surface area (TPSA) is 21.3 Å². The summed E-state index contributed by atoms with van der Waals surface area (Å²) in [6, 6.07) is 10.6. The van der Waals surface area contributed by atoms with Crippen LogP contribution in [0.1, 0.15) is 5.56 Å². The Kier molecular flexibility index (Phi) is 4.56. The molecule has 2 aromatic carbocycles. The van der Waals surface area contributed by atoms with Crippen molar-refractivity contribution in [3.8, 4) is 18.1 Å². The minimum atomic E-state index is -0.621. The van der Waals surface area contributed by atoms with Crippen molar-refractivity contribution in [2.24, 2.45) is 0 Å². The normalized spacial score (nSPS) is 9.85. The quantitative estimate of drug-likeness (QED) is 0.841. The highest BCUT2D eigenvalue weighted by atomic mass is 19.1. The van der Waals surface area contributed by atoms with Crippen LogP contribution in [0.3, 0.4) is 0 Å². The Bertz CT molecular complexity index is 614. The number of hydrogen-bond acceptors (Lipinski definition) is 2. The lowest BCUT2D eigenvalue weighted by Gasteiger charge is -2.11. The summed E-state index contributed by atoms with van der Waals surface area (Å²) in [6.07, 6.45) is 5.15. The molecule has 2 aromatic rings. The van der Waals surface area contributed by atoms with Gasteiger partial charge in [-0.1, -0.05) is 24.1 Å². The van der Waals surface area contributed by atoms with Gasteiger partial charge in [-0.2, -0.15) is 0 Å². The lowest BCUT2D eigenvalue weighted by Crippen LogP contribution is -2.04. The molecule has 0 aliphatic rings. The Balaban J connectivity index is 2.08. The van der Waals surface area contributed by atoms with E-state index in [1.807, 2.05) is 18.2 Å². The summed E-state index contributed by atoms with van der Waals surface area (Å²) in [5.41, 5.74) is 1.22. The molecule has 1 N–H and O–H groups in total. The number of terminal acetylenes is 1. The van der Waals surface area contributed by atoms with E-state index in [9.17, 15) is 8.78 Å². The van der Waals surface area contributed by atoms with Crippen molar-refractivity contribution in [2.45, 2.75) is 6.54 Å². The monoisotopic (exact) mass is 273 g/mol. The fourth-order valence-corrected chi connectivity index (χ4v) is 1.76. The molecule has 2 nitrogen and oxygen atoms in total. The van der Waals surface area contributed by atoms with Crippen molar-refractivity contribution in [2.75, 3.05) is 11.9 Å². The highest BCUT2D eigenvalue weighted by Crippen LogP contribution is 2.20. The van der Waals surface area contributed by atoms with Gasteiger partial charge in [-0.05, 0) is 18.2 Å². The number of rotatable bonds is 5. The fraction of sp³-hybridized carbons (Fsp3) is 0.125. The molecule has 0 spiro atoms. The summed E-state index contributed by atoms with van der Waals surface area (Å²) in [5.74, 6) is 1.80. The molecule has 0 saturated heterocycles. The second-order valence-corrected chi connectivity index (χ2v) is 4.11. The van der Waals surface area contributed by atoms with Crippen LogP contribution in [0, 0.1) is 24.0 Å². The lowest BCUT2D eigenvalue weighted by atomic mass is 10.2. The summed E-state index contributed by atoms with van der Waals surface area (Å²) in [6.45, 7) is 0.551. The summed E-state index contributed by atoms with van der Waals surface area (Å²) in [4.78, 5) is 0. The van der Waals surface area contributed by atoms with E-state index in [1.165, 1.54) is 12.1 Å². The van der Waals surface area contributed by atoms with Crippen molar-refractivity contribution in [1.29, 1.82) is 0 Å². The molecular formula is C16H13F2NO. The highest BCUT2D eigenvalue weighted by molar-refractivity contribution is 5.45. The molecule has 0 fully saturated rings. The summed E-state index contributed by atoms with van der Waals surface area (Å²) in [5, 5.41) is 2.95. The molecule has 0 radical (unpaired) electrons. The van der Waals surface area contributed by atoms with Gasteiger partial charge in [-0.3, -0.25) is 0 Å². The van der Waals surface area contributed by atoms with Crippen molar-refractivity contribution in [3.05, 3.63) is 59.7 Å².